The molecule has 0 aliphatic rings. The summed E-state index contributed by atoms with van der Waals surface area (Å²) in [6.45, 7) is 5.27. The number of fused-ring (bicyclic) bond motifs is 1. The number of aromatic nitrogens is 3. The van der Waals surface area contributed by atoms with Gasteiger partial charge < -0.3 is 14.9 Å². The smallest absolute Gasteiger partial charge is 0.341 e. The van der Waals surface area contributed by atoms with Crippen LogP contribution in [0.15, 0.2) is 47.4 Å². The minimum Gasteiger partial charge on any atom is -0.462 e. The molecule has 2 heterocycles. The number of aryl methyl sites for hydroxylation is 2. The molecule has 0 saturated carbocycles. The topological polar surface area (TPSA) is 133 Å². The van der Waals surface area contributed by atoms with Gasteiger partial charge in [0.05, 0.1) is 11.5 Å². The minimum atomic E-state index is -3.69. The summed E-state index contributed by atoms with van der Waals surface area (Å²) in [6, 6.07) is 12.0. The van der Waals surface area contributed by atoms with E-state index in [0.29, 0.717) is 16.1 Å². The Morgan fingerprint density at radius 3 is 2.47 bits per heavy atom. The first kappa shape index (κ1) is 27.2. The molecule has 0 fully saturated rings. The minimum absolute atomic E-state index is 0.0309. The van der Waals surface area contributed by atoms with Gasteiger partial charge in [0.15, 0.2) is 6.61 Å². The zero-order valence-corrected chi connectivity index (χ0v) is 23.1. The number of hydrogen-bond donors (Lipinski definition) is 1. The van der Waals surface area contributed by atoms with Gasteiger partial charge in [-0.1, -0.05) is 34.7 Å². The van der Waals surface area contributed by atoms with Crippen LogP contribution in [0, 0.1) is 13.8 Å². The monoisotopic (exact) mass is 557 g/mol. The maximum Gasteiger partial charge on any atom is 0.341 e. The van der Waals surface area contributed by atoms with Crippen LogP contribution in [0.2, 0.25) is 0 Å². The SMILES string of the molecule is CCOC(=O)c1c(NC(=O)COn2nnc3ccc(S(=O)(=O)N(C)C)cc32)sc(C)c1-c1ccc(C)cc1. The summed E-state index contributed by atoms with van der Waals surface area (Å²) in [5.41, 5.74) is 3.56. The molecule has 200 valence electrons. The summed E-state index contributed by atoms with van der Waals surface area (Å²) in [5.74, 6) is -1.09. The molecule has 13 heteroatoms. The zero-order chi connectivity index (χ0) is 27.6. The third-order valence-corrected chi connectivity index (χ3v) is 8.47. The normalized spacial score (nSPS) is 11.6. The van der Waals surface area contributed by atoms with Gasteiger partial charge in [-0.15, -0.1) is 16.4 Å². The van der Waals surface area contributed by atoms with Gasteiger partial charge in [-0.3, -0.25) is 4.79 Å². The van der Waals surface area contributed by atoms with E-state index in [0.717, 1.165) is 25.2 Å². The van der Waals surface area contributed by atoms with Crippen molar-refractivity contribution in [1.29, 1.82) is 0 Å². The molecule has 38 heavy (non-hydrogen) atoms. The largest absolute Gasteiger partial charge is 0.462 e. The highest BCUT2D eigenvalue weighted by Crippen LogP contribution is 2.40. The van der Waals surface area contributed by atoms with Crippen LogP contribution in [0.4, 0.5) is 5.00 Å². The Balaban J connectivity index is 1.58. The van der Waals surface area contributed by atoms with Crippen LogP contribution < -0.4 is 10.2 Å². The second-order valence-electron chi connectivity index (χ2n) is 8.55. The highest BCUT2D eigenvalue weighted by atomic mass is 32.2. The first-order valence-electron chi connectivity index (χ1n) is 11.6. The van der Waals surface area contributed by atoms with Crippen LogP contribution in [0.3, 0.4) is 0 Å². The van der Waals surface area contributed by atoms with Crippen molar-refractivity contribution < 1.29 is 27.6 Å². The Bertz CT molecular complexity index is 1610. The molecule has 1 amide bonds. The average Bonchev–Trinajstić information content (AvgIpc) is 3.43. The van der Waals surface area contributed by atoms with Crippen molar-refractivity contribution in [3.63, 3.8) is 0 Å². The van der Waals surface area contributed by atoms with Crippen LogP contribution in [0.25, 0.3) is 22.2 Å². The van der Waals surface area contributed by atoms with Gasteiger partial charge in [-0.05, 0) is 49.7 Å². The molecule has 1 N–H and O–H groups in total. The van der Waals surface area contributed by atoms with E-state index in [-0.39, 0.29) is 22.6 Å². The molecule has 0 radical (unpaired) electrons. The van der Waals surface area contributed by atoms with E-state index in [1.165, 1.54) is 43.6 Å². The summed E-state index contributed by atoms with van der Waals surface area (Å²) in [4.78, 5) is 33.1. The molecule has 0 unspecified atom stereocenters. The van der Waals surface area contributed by atoms with Crippen LogP contribution in [-0.4, -0.2) is 67.1 Å². The van der Waals surface area contributed by atoms with Gasteiger partial charge in [-0.2, -0.15) is 0 Å². The number of esters is 1. The molecule has 0 aliphatic carbocycles. The van der Waals surface area contributed by atoms with Gasteiger partial charge >= 0.3 is 5.97 Å². The van der Waals surface area contributed by atoms with Crippen LogP contribution in [0.5, 0.6) is 0 Å². The number of amides is 1. The molecule has 11 nitrogen and oxygen atoms in total. The fourth-order valence-electron chi connectivity index (χ4n) is 3.73. The number of carbonyl (C=O) groups is 2. The van der Waals surface area contributed by atoms with Crippen molar-refractivity contribution in [3.05, 3.63) is 58.5 Å². The predicted octanol–water partition coefficient (Wildman–Crippen LogP) is 3.27. The number of anilines is 1. The Morgan fingerprint density at radius 1 is 1.11 bits per heavy atom. The number of nitrogens with zero attached hydrogens (tertiary/aromatic N) is 4. The van der Waals surface area contributed by atoms with Crippen molar-refractivity contribution in [1.82, 2.24) is 19.5 Å². The standard InChI is InChI=1S/C25H27N5O6S2/c1-6-35-25(32)23-22(17-9-7-15(2)8-10-17)16(3)37-24(23)26-21(31)14-36-30-20-13-18(38(33,34)29(4)5)11-12-19(20)27-28-30/h7-13H,6,14H2,1-5H3,(H,26,31). The first-order chi connectivity index (χ1) is 18.0. The first-order valence-corrected chi connectivity index (χ1v) is 13.9. The van der Waals surface area contributed by atoms with Crippen molar-refractivity contribution in [2.45, 2.75) is 25.7 Å². The molecule has 4 rings (SSSR count). The summed E-state index contributed by atoms with van der Waals surface area (Å²) in [5, 5.41) is 10.9. The third kappa shape index (κ3) is 5.39. The van der Waals surface area contributed by atoms with E-state index < -0.39 is 28.5 Å². The number of nitrogens with one attached hydrogen (secondary N) is 1. The molecular formula is C25H27N5O6S2. The Labute approximate surface area is 224 Å². The van der Waals surface area contributed by atoms with E-state index in [1.807, 2.05) is 38.1 Å². The molecule has 4 aromatic rings. The number of hydrogen-bond acceptors (Lipinski definition) is 9. The lowest BCUT2D eigenvalue weighted by molar-refractivity contribution is -0.121. The van der Waals surface area contributed by atoms with Crippen molar-refractivity contribution in [2.75, 3.05) is 32.6 Å². The molecule has 0 aliphatic heterocycles. The van der Waals surface area contributed by atoms with Crippen LogP contribution in [-0.2, 0) is 19.6 Å². The summed E-state index contributed by atoms with van der Waals surface area (Å²) < 4.78 is 31.4. The number of sulfonamides is 1. The number of rotatable bonds is 9. The van der Waals surface area contributed by atoms with Gasteiger partial charge in [0.25, 0.3) is 5.91 Å². The van der Waals surface area contributed by atoms with Gasteiger partial charge in [0.2, 0.25) is 10.0 Å². The molecular weight excluding hydrogens is 530 g/mol. The van der Waals surface area contributed by atoms with E-state index in [4.69, 9.17) is 9.57 Å². The molecule has 0 atom stereocenters. The number of carbonyl (C=O) groups excluding carboxylic acids is 2. The third-order valence-electron chi connectivity index (χ3n) is 5.64. The zero-order valence-electron chi connectivity index (χ0n) is 21.5. The van der Waals surface area contributed by atoms with E-state index in [9.17, 15) is 18.0 Å². The fraction of sp³-hybridized carbons (Fsp3) is 0.280. The van der Waals surface area contributed by atoms with Gasteiger partial charge in [-0.25, -0.2) is 17.5 Å². The van der Waals surface area contributed by atoms with Gasteiger partial charge in [0.1, 0.15) is 21.6 Å². The number of thiophene rings is 1. The Kier molecular flexibility index (Phi) is 7.81. The van der Waals surface area contributed by atoms with Crippen LogP contribution in [0.1, 0.15) is 27.7 Å². The lowest BCUT2D eigenvalue weighted by Gasteiger charge is -2.11. The highest BCUT2D eigenvalue weighted by Gasteiger charge is 2.26. The van der Waals surface area contributed by atoms with Crippen molar-refractivity contribution in [3.8, 4) is 11.1 Å². The lowest BCUT2D eigenvalue weighted by atomic mass is 10.0. The lowest BCUT2D eigenvalue weighted by Crippen LogP contribution is -2.26. The summed E-state index contributed by atoms with van der Waals surface area (Å²) >= 11 is 1.26. The highest BCUT2D eigenvalue weighted by molar-refractivity contribution is 7.89. The van der Waals surface area contributed by atoms with E-state index in [1.54, 1.807) is 6.92 Å². The van der Waals surface area contributed by atoms with E-state index >= 15 is 0 Å². The quantitative estimate of drug-likeness (QED) is 0.310. The Hall–Kier alpha value is -3.81. The van der Waals surface area contributed by atoms with Crippen molar-refractivity contribution in [2.24, 2.45) is 0 Å². The van der Waals surface area contributed by atoms with Gasteiger partial charge in [0, 0.05) is 24.5 Å². The maximum atomic E-state index is 12.9. The molecule has 2 aromatic carbocycles. The molecule has 0 saturated heterocycles. The molecule has 0 spiro atoms. The average molecular weight is 558 g/mol. The second kappa shape index (κ2) is 10.9. The number of ether oxygens (including phenoxy) is 1. The predicted molar refractivity (Wildman–Crippen MR) is 144 cm³/mol. The second-order valence-corrected chi connectivity index (χ2v) is 11.9. The van der Waals surface area contributed by atoms with Crippen LogP contribution >= 0.6 is 11.3 Å². The summed E-state index contributed by atoms with van der Waals surface area (Å²) in [6.07, 6.45) is 0. The van der Waals surface area contributed by atoms with Crippen molar-refractivity contribution >= 4 is 49.3 Å². The molecule has 2 aromatic heterocycles. The maximum absolute atomic E-state index is 12.9. The fourth-order valence-corrected chi connectivity index (χ4v) is 5.73. The van der Waals surface area contributed by atoms with E-state index in [2.05, 4.69) is 15.6 Å². The summed E-state index contributed by atoms with van der Waals surface area (Å²) in [7, 11) is -0.838. The molecule has 0 bridgehead atoms. The number of benzene rings is 2. The Morgan fingerprint density at radius 2 is 1.82 bits per heavy atom.